The highest BCUT2D eigenvalue weighted by molar-refractivity contribution is 6.33. The van der Waals surface area contributed by atoms with Gasteiger partial charge in [-0.15, -0.1) is 0 Å². The van der Waals surface area contributed by atoms with Crippen LogP contribution in [-0.2, 0) is 0 Å². The molecule has 0 radical (unpaired) electrons. The molecule has 3 N–H and O–H groups in total. The molecule has 1 saturated heterocycles. The van der Waals surface area contributed by atoms with E-state index in [1.165, 1.54) is 19.3 Å². The molecule has 3 rings (SSSR count). The third-order valence-corrected chi connectivity index (χ3v) is 6.56. The highest BCUT2D eigenvalue weighted by Crippen LogP contribution is 2.33. The zero-order valence-electron chi connectivity index (χ0n) is 17.2. The normalized spacial score (nSPS) is 20.7. The molecule has 0 aromatic heterocycles. The quantitative estimate of drug-likeness (QED) is 0.682. The summed E-state index contributed by atoms with van der Waals surface area (Å²) in [5, 5.41) is 3.78. The number of nitrogen functional groups attached to an aromatic ring is 1. The maximum Gasteiger partial charge on any atom is 0.255 e. The van der Waals surface area contributed by atoms with Crippen LogP contribution in [-0.4, -0.2) is 42.6 Å². The summed E-state index contributed by atoms with van der Waals surface area (Å²) in [6, 6.07) is 3.29. The van der Waals surface area contributed by atoms with E-state index in [4.69, 9.17) is 22.1 Å². The summed E-state index contributed by atoms with van der Waals surface area (Å²) in [7, 11) is 0. The van der Waals surface area contributed by atoms with Gasteiger partial charge in [-0.3, -0.25) is 4.79 Å². The van der Waals surface area contributed by atoms with Crippen LogP contribution in [0.1, 0.15) is 69.2 Å². The summed E-state index contributed by atoms with van der Waals surface area (Å²) in [4.78, 5) is 15.8. The lowest BCUT2D eigenvalue weighted by Gasteiger charge is -2.43. The first kappa shape index (κ1) is 21.3. The van der Waals surface area contributed by atoms with Gasteiger partial charge in [-0.05, 0) is 57.7 Å². The van der Waals surface area contributed by atoms with Crippen molar-refractivity contribution in [3.05, 3.63) is 22.7 Å². The average Bonchev–Trinajstić information content (AvgIpc) is 2.67. The number of nitrogens with two attached hydrogens (primary N) is 1. The first-order valence-corrected chi connectivity index (χ1v) is 11.1. The minimum Gasteiger partial charge on any atom is -0.493 e. The molecule has 0 atom stereocenters. The van der Waals surface area contributed by atoms with E-state index >= 15 is 0 Å². The van der Waals surface area contributed by atoms with Gasteiger partial charge in [0.25, 0.3) is 5.91 Å². The lowest BCUT2D eigenvalue weighted by atomic mass is 9.80. The molecular weight excluding hydrogens is 374 g/mol. The predicted molar refractivity (Wildman–Crippen MR) is 115 cm³/mol. The number of piperidine rings is 1. The third-order valence-electron chi connectivity index (χ3n) is 6.24. The van der Waals surface area contributed by atoms with Crippen LogP contribution < -0.4 is 15.8 Å². The summed E-state index contributed by atoms with van der Waals surface area (Å²) in [5.74, 6) is 1.19. The molecule has 5 nitrogen and oxygen atoms in total. The Balaban J connectivity index is 1.79. The highest BCUT2D eigenvalue weighted by atomic mass is 35.5. The molecule has 0 unspecified atom stereocenters. The number of benzene rings is 1. The molecular formula is C22H34ClN3O2. The number of nitrogens with zero attached hydrogens (tertiary/aromatic N) is 1. The van der Waals surface area contributed by atoms with E-state index in [-0.39, 0.29) is 11.4 Å². The lowest BCUT2D eigenvalue weighted by molar-refractivity contribution is 0.0756. The van der Waals surface area contributed by atoms with Gasteiger partial charge >= 0.3 is 0 Å². The van der Waals surface area contributed by atoms with E-state index in [1.54, 1.807) is 12.1 Å². The smallest absolute Gasteiger partial charge is 0.255 e. The minimum absolute atomic E-state index is 0.113. The van der Waals surface area contributed by atoms with Gasteiger partial charge in [0, 0.05) is 12.6 Å². The second-order valence-corrected chi connectivity index (χ2v) is 8.96. The fourth-order valence-corrected chi connectivity index (χ4v) is 4.69. The first-order chi connectivity index (χ1) is 13.4. The van der Waals surface area contributed by atoms with Crippen molar-refractivity contribution in [1.29, 1.82) is 0 Å². The molecule has 28 heavy (non-hydrogen) atoms. The Hall–Kier alpha value is -1.46. The van der Waals surface area contributed by atoms with Crippen molar-refractivity contribution >= 4 is 23.2 Å². The largest absolute Gasteiger partial charge is 0.493 e. The Bertz CT molecular complexity index is 681. The van der Waals surface area contributed by atoms with Gasteiger partial charge in [0.1, 0.15) is 5.75 Å². The van der Waals surface area contributed by atoms with Gasteiger partial charge in [0.05, 0.1) is 28.4 Å². The van der Waals surface area contributed by atoms with Crippen LogP contribution in [0.2, 0.25) is 5.02 Å². The van der Waals surface area contributed by atoms with Gasteiger partial charge in [0.15, 0.2) is 0 Å². The zero-order chi connectivity index (χ0) is 20.1. The van der Waals surface area contributed by atoms with E-state index in [0.717, 1.165) is 51.2 Å². The summed E-state index contributed by atoms with van der Waals surface area (Å²) in [6.07, 6.45) is 8.09. The SMILES string of the molecule is CCOc1cc(N)c(Cl)cc1C(=O)NC1(CN2CCC(C)CC2)CCCCC1. The van der Waals surface area contributed by atoms with E-state index in [1.807, 2.05) is 6.92 Å². The molecule has 1 aromatic carbocycles. The van der Waals surface area contributed by atoms with Gasteiger partial charge < -0.3 is 20.7 Å². The zero-order valence-corrected chi connectivity index (χ0v) is 18.0. The number of rotatable bonds is 6. The predicted octanol–water partition coefficient (Wildman–Crippen LogP) is 4.49. The van der Waals surface area contributed by atoms with Crippen LogP contribution in [0.4, 0.5) is 5.69 Å². The fraction of sp³-hybridized carbons (Fsp3) is 0.682. The van der Waals surface area contributed by atoms with Crippen LogP contribution in [0.5, 0.6) is 5.75 Å². The first-order valence-electron chi connectivity index (χ1n) is 10.7. The number of anilines is 1. The maximum absolute atomic E-state index is 13.3. The number of amides is 1. The van der Waals surface area contributed by atoms with Gasteiger partial charge in [-0.1, -0.05) is 37.8 Å². The Kier molecular flexibility index (Phi) is 7.10. The number of halogens is 1. The van der Waals surface area contributed by atoms with E-state index in [9.17, 15) is 4.79 Å². The van der Waals surface area contributed by atoms with Crippen LogP contribution in [0.3, 0.4) is 0 Å². The number of hydrogen-bond donors (Lipinski definition) is 2. The van der Waals surface area contributed by atoms with Crippen molar-refractivity contribution in [2.24, 2.45) is 5.92 Å². The van der Waals surface area contributed by atoms with E-state index < -0.39 is 0 Å². The second kappa shape index (κ2) is 9.36. The van der Waals surface area contributed by atoms with Crippen molar-refractivity contribution in [2.75, 3.05) is 32.0 Å². The molecule has 1 saturated carbocycles. The number of likely N-dealkylation sites (tertiary alicyclic amines) is 1. The monoisotopic (exact) mass is 407 g/mol. The van der Waals surface area contributed by atoms with Gasteiger partial charge in [-0.2, -0.15) is 0 Å². The molecule has 156 valence electrons. The molecule has 1 aliphatic heterocycles. The van der Waals surface area contributed by atoms with Crippen molar-refractivity contribution < 1.29 is 9.53 Å². The number of ether oxygens (including phenoxy) is 1. The standard InChI is InChI=1S/C22H34ClN3O2/c1-3-28-20-14-19(24)18(23)13-17(20)21(27)25-22(9-5-4-6-10-22)15-26-11-7-16(2)8-12-26/h13-14,16H,3-12,15,24H2,1-2H3,(H,25,27). The Morgan fingerprint density at radius 1 is 1.29 bits per heavy atom. The summed E-state index contributed by atoms with van der Waals surface area (Å²) in [5.41, 5.74) is 6.64. The lowest BCUT2D eigenvalue weighted by Crippen LogP contribution is -2.57. The average molecular weight is 408 g/mol. The fourth-order valence-electron chi connectivity index (χ4n) is 4.53. The van der Waals surface area contributed by atoms with E-state index in [2.05, 4.69) is 17.1 Å². The van der Waals surface area contributed by atoms with Crippen LogP contribution >= 0.6 is 11.6 Å². The summed E-state index contributed by atoms with van der Waals surface area (Å²) in [6.45, 7) is 7.87. The molecule has 1 aliphatic carbocycles. The van der Waals surface area contributed by atoms with Crippen LogP contribution in [0, 0.1) is 5.92 Å². The van der Waals surface area contributed by atoms with Crippen molar-refractivity contribution in [2.45, 2.75) is 64.3 Å². The van der Waals surface area contributed by atoms with Crippen LogP contribution in [0.15, 0.2) is 12.1 Å². The van der Waals surface area contributed by atoms with Crippen LogP contribution in [0.25, 0.3) is 0 Å². The second-order valence-electron chi connectivity index (χ2n) is 8.56. The Labute approximate surface area is 173 Å². The van der Waals surface area contributed by atoms with Crippen molar-refractivity contribution in [3.63, 3.8) is 0 Å². The number of hydrogen-bond acceptors (Lipinski definition) is 4. The summed E-state index contributed by atoms with van der Waals surface area (Å²) < 4.78 is 5.67. The van der Waals surface area contributed by atoms with Crippen molar-refractivity contribution in [3.8, 4) is 5.75 Å². The highest BCUT2D eigenvalue weighted by Gasteiger charge is 2.36. The van der Waals surface area contributed by atoms with E-state index in [0.29, 0.717) is 28.6 Å². The molecule has 1 aromatic rings. The number of carbonyl (C=O) groups is 1. The molecule has 1 heterocycles. The third kappa shape index (κ3) is 5.12. The molecule has 2 fully saturated rings. The topological polar surface area (TPSA) is 67.6 Å². The van der Waals surface area contributed by atoms with Gasteiger partial charge in [0.2, 0.25) is 0 Å². The molecule has 6 heteroatoms. The Morgan fingerprint density at radius 3 is 2.61 bits per heavy atom. The number of carbonyl (C=O) groups excluding carboxylic acids is 1. The van der Waals surface area contributed by atoms with Crippen molar-refractivity contribution in [1.82, 2.24) is 10.2 Å². The maximum atomic E-state index is 13.3. The number of nitrogens with one attached hydrogen (secondary N) is 1. The summed E-state index contributed by atoms with van der Waals surface area (Å²) >= 11 is 6.21. The molecule has 0 spiro atoms. The van der Waals surface area contributed by atoms with Gasteiger partial charge in [-0.25, -0.2) is 0 Å². The minimum atomic E-state index is -0.173. The Morgan fingerprint density at radius 2 is 1.96 bits per heavy atom. The molecule has 1 amide bonds. The molecule has 0 bridgehead atoms. The molecule has 2 aliphatic rings.